The molecule has 0 radical (unpaired) electrons. The van der Waals surface area contributed by atoms with E-state index in [2.05, 4.69) is 34.9 Å². The van der Waals surface area contributed by atoms with Gasteiger partial charge in [-0.05, 0) is 41.8 Å². The molecule has 3 aromatic rings. The van der Waals surface area contributed by atoms with E-state index in [-0.39, 0.29) is 30.3 Å². The van der Waals surface area contributed by atoms with E-state index in [1.807, 2.05) is 48.5 Å². The number of nitrogens with zero attached hydrogens (tertiary/aromatic N) is 1. The summed E-state index contributed by atoms with van der Waals surface area (Å²) >= 11 is 5.93. The van der Waals surface area contributed by atoms with Crippen molar-refractivity contribution in [1.82, 2.24) is 10.6 Å². The molecular weight excluding hydrogens is 422 g/mol. The predicted molar refractivity (Wildman–Crippen MR) is 128 cm³/mol. The van der Waals surface area contributed by atoms with Crippen molar-refractivity contribution >= 4 is 29.2 Å². The summed E-state index contributed by atoms with van der Waals surface area (Å²) in [6.07, 6.45) is 1.06. The summed E-state index contributed by atoms with van der Waals surface area (Å²) < 4.78 is 0. The Balaban J connectivity index is 1.30. The number of nitrogens with one attached hydrogen (secondary N) is 2. The zero-order valence-electron chi connectivity index (χ0n) is 17.7. The van der Waals surface area contributed by atoms with Crippen LogP contribution < -0.4 is 15.5 Å². The molecule has 0 aliphatic carbocycles. The molecule has 3 amide bonds. The van der Waals surface area contributed by atoms with Crippen molar-refractivity contribution in [1.29, 1.82) is 0 Å². The van der Waals surface area contributed by atoms with Crippen LogP contribution in [0.1, 0.15) is 29.9 Å². The Morgan fingerprint density at radius 1 is 0.938 bits per heavy atom. The molecule has 1 fully saturated rings. The van der Waals surface area contributed by atoms with Crippen molar-refractivity contribution in [2.45, 2.75) is 24.8 Å². The first-order valence-corrected chi connectivity index (χ1v) is 11.2. The van der Waals surface area contributed by atoms with Gasteiger partial charge in [-0.3, -0.25) is 4.79 Å². The lowest BCUT2D eigenvalue weighted by molar-refractivity contribution is -0.117. The summed E-state index contributed by atoms with van der Waals surface area (Å²) in [7, 11) is 0. The molecular formula is C26H26ClN3O2. The van der Waals surface area contributed by atoms with Gasteiger partial charge in [0.05, 0.1) is 6.04 Å². The lowest BCUT2D eigenvalue weighted by atomic mass is 9.88. The van der Waals surface area contributed by atoms with E-state index in [0.29, 0.717) is 18.1 Å². The highest BCUT2D eigenvalue weighted by Gasteiger charge is 2.31. The van der Waals surface area contributed by atoms with Gasteiger partial charge in [0.2, 0.25) is 5.91 Å². The molecule has 1 unspecified atom stereocenters. The standard InChI is InChI=1S/C26H26ClN3O2/c27-21-11-13-23(14-12-21)30-18-22(17-25(30)31)29-26(32)28-16-15-24(19-7-3-1-4-8-19)20-9-5-2-6-10-20/h1-14,22,24H,15-18H2,(H2,28,29,32). The molecule has 6 heteroatoms. The smallest absolute Gasteiger partial charge is 0.315 e. The van der Waals surface area contributed by atoms with E-state index in [4.69, 9.17) is 11.6 Å². The quantitative estimate of drug-likeness (QED) is 0.537. The second-order valence-electron chi connectivity index (χ2n) is 7.94. The number of carbonyl (C=O) groups excluding carboxylic acids is 2. The van der Waals surface area contributed by atoms with Gasteiger partial charge in [0, 0.05) is 36.1 Å². The zero-order chi connectivity index (χ0) is 22.3. The van der Waals surface area contributed by atoms with E-state index in [1.54, 1.807) is 17.0 Å². The van der Waals surface area contributed by atoms with Gasteiger partial charge in [0.15, 0.2) is 0 Å². The number of halogens is 1. The largest absolute Gasteiger partial charge is 0.338 e. The molecule has 1 saturated heterocycles. The Morgan fingerprint density at radius 3 is 2.12 bits per heavy atom. The first-order chi connectivity index (χ1) is 15.6. The summed E-state index contributed by atoms with van der Waals surface area (Å²) in [5, 5.41) is 6.52. The number of amides is 3. The number of anilines is 1. The number of hydrogen-bond acceptors (Lipinski definition) is 2. The van der Waals surface area contributed by atoms with Crippen LogP contribution in [0.25, 0.3) is 0 Å². The molecule has 1 heterocycles. The van der Waals surface area contributed by atoms with E-state index >= 15 is 0 Å². The minimum Gasteiger partial charge on any atom is -0.338 e. The molecule has 4 rings (SSSR count). The first-order valence-electron chi connectivity index (χ1n) is 10.8. The highest BCUT2D eigenvalue weighted by atomic mass is 35.5. The molecule has 0 bridgehead atoms. The van der Waals surface area contributed by atoms with Gasteiger partial charge < -0.3 is 15.5 Å². The molecule has 1 aliphatic rings. The van der Waals surface area contributed by atoms with Crippen molar-refractivity contribution in [3.63, 3.8) is 0 Å². The monoisotopic (exact) mass is 447 g/mol. The number of rotatable bonds is 7. The van der Waals surface area contributed by atoms with Crippen LogP contribution in [0.15, 0.2) is 84.9 Å². The van der Waals surface area contributed by atoms with E-state index in [0.717, 1.165) is 12.1 Å². The van der Waals surface area contributed by atoms with Gasteiger partial charge in [-0.2, -0.15) is 0 Å². The Kier molecular flexibility index (Phi) is 7.07. The Morgan fingerprint density at radius 2 is 1.53 bits per heavy atom. The SMILES string of the molecule is O=C(NCCC(c1ccccc1)c1ccccc1)NC1CC(=O)N(c2ccc(Cl)cc2)C1. The van der Waals surface area contributed by atoms with Gasteiger partial charge in [0.25, 0.3) is 0 Å². The molecule has 3 aromatic carbocycles. The molecule has 164 valence electrons. The fraction of sp³-hybridized carbons (Fsp3) is 0.231. The average molecular weight is 448 g/mol. The number of hydrogen-bond donors (Lipinski definition) is 2. The third-order valence-corrected chi connectivity index (χ3v) is 5.97. The number of benzene rings is 3. The van der Waals surface area contributed by atoms with Crippen LogP contribution in [0.4, 0.5) is 10.5 Å². The lowest BCUT2D eigenvalue weighted by Gasteiger charge is -2.20. The summed E-state index contributed by atoms with van der Waals surface area (Å²) in [6.45, 7) is 0.979. The summed E-state index contributed by atoms with van der Waals surface area (Å²) in [4.78, 5) is 26.6. The fourth-order valence-electron chi connectivity index (χ4n) is 4.14. The molecule has 5 nitrogen and oxygen atoms in total. The molecule has 0 spiro atoms. The number of urea groups is 1. The molecule has 2 N–H and O–H groups in total. The average Bonchev–Trinajstić information content (AvgIpc) is 3.18. The van der Waals surface area contributed by atoms with Crippen LogP contribution in [0, 0.1) is 0 Å². The highest BCUT2D eigenvalue weighted by molar-refractivity contribution is 6.30. The summed E-state index contributed by atoms with van der Waals surface area (Å²) in [6, 6.07) is 27.3. The van der Waals surface area contributed by atoms with Crippen LogP contribution in [0.5, 0.6) is 0 Å². The van der Waals surface area contributed by atoms with Crippen molar-refractivity contribution in [2.24, 2.45) is 0 Å². The second kappa shape index (κ2) is 10.3. The van der Waals surface area contributed by atoms with Crippen LogP contribution in [-0.4, -0.2) is 31.1 Å². The summed E-state index contributed by atoms with van der Waals surface area (Å²) in [5.74, 6) is 0.192. The topological polar surface area (TPSA) is 61.4 Å². The molecule has 1 atom stereocenters. The minimum atomic E-state index is -0.249. The number of carbonyl (C=O) groups is 2. The van der Waals surface area contributed by atoms with Crippen LogP contribution in [0.3, 0.4) is 0 Å². The molecule has 32 heavy (non-hydrogen) atoms. The maximum Gasteiger partial charge on any atom is 0.315 e. The summed E-state index contributed by atoms with van der Waals surface area (Å²) in [5.41, 5.74) is 3.24. The van der Waals surface area contributed by atoms with Gasteiger partial charge in [-0.1, -0.05) is 72.3 Å². The van der Waals surface area contributed by atoms with Crippen molar-refractivity contribution < 1.29 is 9.59 Å². The van der Waals surface area contributed by atoms with Crippen LogP contribution in [-0.2, 0) is 4.79 Å². The van der Waals surface area contributed by atoms with Crippen molar-refractivity contribution in [3.8, 4) is 0 Å². The molecule has 1 aliphatic heterocycles. The van der Waals surface area contributed by atoms with Crippen LogP contribution >= 0.6 is 11.6 Å². The van der Waals surface area contributed by atoms with Crippen molar-refractivity contribution in [3.05, 3.63) is 101 Å². The maximum atomic E-state index is 12.5. The molecule has 0 aromatic heterocycles. The van der Waals surface area contributed by atoms with E-state index in [1.165, 1.54) is 11.1 Å². The zero-order valence-corrected chi connectivity index (χ0v) is 18.5. The van der Waals surface area contributed by atoms with Gasteiger partial charge in [0.1, 0.15) is 0 Å². The minimum absolute atomic E-state index is 0.00848. The van der Waals surface area contributed by atoms with Gasteiger partial charge in [-0.25, -0.2) is 4.79 Å². The Bertz CT molecular complexity index is 1000. The predicted octanol–water partition coefficient (Wildman–Crippen LogP) is 4.97. The van der Waals surface area contributed by atoms with E-state index < -0.39 is 0 Å². The Labute approximate surface area is 193 Å². The Hall–Kier alpha value is -3.31. The highest BCUT2D eigenvalue weighted by Crippen LogP contribution is 2.27. The van der Waals surface area contributed by atoms with Crippen LogP contribution in [0.2, 0.25) is 5.02 Å². The van der Waals surface area contributed by atoms with Crippen molar-refractivity contribution in [2.75, 3.05) is 18.0 Å². The maximum absolute atomic E-state index is 12.5. The van der Waals surface area contributed by atoms with E-state index in [9.17, 15) is 9.59 Å². The normalized spacial score (nSPS) is 15.8. The molecule has 0 saturated carbocycles. The first kappa shape index (κ1) is 21.9. The third kappa shape index (κ3) is 5.48. The van der Waals surface area contributed by atoms with Gasteiger partial charge >= 0.3 is 6.03 Å². The third-order valence-electron chi connectivity index (χ3n) is 5.72. The van der Waals surface area contributed by atoms with Gasteiger partial charge in [-0.15, -0.1) is 0 Å². The lowest BCUT2D eigenvalue weighted by Crippen LogP contribution is -2.43. The second-order valence-corrected chi connectivity index (χ2v) is 8.38. The fourth-order valence-corrected chi connectivity index (χ4v) is 4.26.